The summed E-state index contributed by atoms with van der Waals surface area (Å²) in [5.41, 5.74) is 1.50. The third-order valence-corrected chi connectivity index (χ3v) is 7.15. The number of sulfone groups is 1. The number of halogens is 1. The third kappa shape index (κ3) is 3.93. The van der Waals surface area contributed by atoms with Crippen molar-refractivity contribution < 1.29 is 22.3 Å². The van der Waals surface area contributed by atoms with E-state index >= 15 is 0 Å². The molecule has 1 amide bonds. The third-order valence-electron chi connectivity index (χ3n) is 5.47. The Hall–Kier alpha value is -1.47. The second-order valence-electron chi connectivity index (χ2n) is 7.70. The van der Waals surface area contributed by atoms with Crippen molar-refractivity contribution in [3.63, 3.8) is 0 Å². The number of ether oxygens (including phenoxy) is 1. The molecule has 2 fully saturated rings. The second-order valence-corrected chi connectivity index (χ2v) is 9.86. The van der Waals surface area contributed by atoms with Gasteiger partial charge < -0.3 is 9.64 Å². The molecule has 0 radical (unpaired) electrons. The first-order valence-corrected chi connectivity index (χ1v) is 10.9. The minimum absolute atomic E-state index is 0.00773. The van der Waals surface area contributed by atoms with Gasteiger partial charge in [-0.25, -0.2) is 12.8 Å². The van der Waals surface area contributed by atoms with E-state index in [9.17, 15) is 17.6 Å². The summed E-state index contributed by atoms with van der Waals surface area (Å²) in [5.74, 6) is -0.178. The highest BCUT2D eigenvalue weighted by Gasteiger charge is 2.45. The van der Waals surface area contributed by atoms with Crippen molar-refractivity contribution >= 4 is 15.7 Å². The molecule has 5 nitrogen and oxygen atoms in total. The van der Waals surface area contributed by atoms with Gasteiger partial charge >= 0.3 is 0 Å². The van der Waals surface area contributed by atoms with Crippen molar-refractivity contribution in [2.24, 2.45) is 5.92 Å². The molecule has 0 aliphatic carbocycles. The first-order chi connectivity index (χ1) is 12.2. The Labute approximate surface area is 154 Å². The molecule has 1 aromatic rings. The topological polar surface area (TPSA) is 63.7 Å². The molecular formula is C19H26FNO4S. The molecule has 0 N–H and O–H groups in total. The molecule has 0 saturated carbocycles. The Bertz CT molecular complexity index is 793. The van der Waals surface area contributed by atoms with Gasteiger partial charge in [-0.05, 0) is 36.0 Å². The maximum atomic E-state index is 13.6. The van der Waals surface area contributed by atoms with Crippen LogP contribution in [0.15, 0.2) is 18.2 Å². The summed E-state index contributed by atoms with van der Waals surface area (Å²) in [6.45, 7) is 6.58. The number of rotatable bonds is 4. The highest BCUT2D eigenvalue weighted by atomic mass is 32.2. The number of benzene rings is 1. The number of aryl methyl sites for hydroxylation is 1. The second kappa shape index (κ2) is 7.27. The van der Waals surface area contributed by atoms with Crippen molar-refractivity contribution in [1.82, 2.24) is 4.90 Å². The molecule has 0 spiro atoms. The van der Waals surface area contributed by atoms with Crippen LogP contribution in [-0.4, -0.2) is 56.0 Å². The van der Waals surface area contributed by atoms with Crippen LogP contribution < -0.4 is 0 Å². The van der Waals surface area contributed by atoms with Gasteiger partial charge in [0, 0.05) is 13.0 Å². The smallest absolute Gasteiger partial charge is 0.223 e. The van der Waals surface area contributed by atoms with E-state index < -0.39 is 15.9 Å². The van der Waals surface area contributed by atoms with Gasteiger partial charge in [-0.1, -0.05) is 26.0 Å². The molecule has 2 aliphatic heterocycles. The maximum Gasteiger partial charge on any atom is 0.223 e. The molecule has 3 rings (SSSR count). The molecule has 26 heavy (non-hydrogen) atoms. The lowest BCUT2D eigenvalue weighted by atomic mass is 9.84. The molecule has 2 saturated heterocycles. The standard InChI is InChI=1S/C19H26FNO4S/c1-12(2)15(14-4-5-16(20)13(3)8-14)9-19(22)21-6-7-25-18-11-26(23,24)10-17(18)21/h4-5,8,12,15,17-18H,6-7,9-11H2,1-3H3. The first kappa shape index (κ1) is 19.3. The van der Waals surface area contributed by atoms with Crippen molar-refractivity contribution in [2.45, 2.75) is 45.3 Å². The van der Waals surface area contributed by atoms with Gasteiger partial charge in [0.25, 0.3) is 0 Å². The van der Waals surface area contributed by atoms with E-state index in [4.69, 9.17) is 4.74 Å². The fourth-order valence-electron chi connectivity index (χ4n) is 3.97. The number of morpholine rings is 1. The number of hydrogen-bond acceptors (Lipinski definition) is 4. The molecule has 2 heterocycles. The molecule has 0 aromatic heterocycles. The molecule has 144 valence electrons. The summed E-state index contributed by atoms with van der Waals surface area (Å²) in [6, 6.07) is 4.60. The molecule has 3 unspecified atom stereocenters. The van der Waals surface area contributed by atoms with E-state index in [2.05, 4.69) is 0 Å². The Morgan fingerprint density at radius 2 is 2.08 bits per heavy atom. The fraction of sp³-hybridized carbons (Fsp3) is 0.632. The zero-order chi connectivity index (χ0) is 19.1. The minimum Gasteiger partial charge on any atom is -0.373 e. The summed E-state index contributed by atoms with van der Waals surface area (Å²) in [5, 5.41) is 0. The lowest BCUT2D eigenvalue weighted by Crippen LogP contribution is -2.53. The zero-order valence-corrected chi connectivity index (χ0v) is 16.3. The SMILES string of the molecule is Cc1cc(C(CC(=O)N2CCOC3CS(=O)(=O)CC32)C(C)C)ccc1F. The predicted octanol–water partition coefficient (Wildman–Crippen LogP) is 2.29. The summed E-state index contributed by atoms with van der Waals surface area (Å²) in [7, 11) is -3.16. The summed E-state index contributed by atoms with van der Waals surface area (Å²) in [6.07, 6.45) is -0.130. The van der Waals surface area contributed by atoms with Crippen LogP contribution in [0.1, 0.15) is 37.3 Å². The average Bonchev–Trinajstić information content (AvgIpc) is 2.88. The van der Waals surface area contributed by atoms with Crippen molar-refractivity contribution in [3.8, 4) is 0 Å². The number of nitrogens with zero attached hydrogens (tertiary/aromatic N) is 1. The van der Waals surface area contributed by atoms with Crippen LogP contribution >= 0.6 is 0 Å². The van der Waals surface area contributed by atoms with Gasteiger partial charge in [0.2, 0.25) is 5.91 Å². The largest absolute Gasteiger partial charge is 0.373 e. The molecule has 2 aliphatic rings. The summed E-state index contributed by atoms with van der Waals surface area (Å²) >= 11 is 0. The monoisotopic (exact) mass is 383 g/mol. The van der Waals surface area contributed by atoms with E-state index in [1.165, 1.54) is 6.07 Å². The summed E-state index contributed by atoms with van der Waals surface area (Å²) in [4.78, 5) is 14.7. The minimum atomic E-state index is -3.16. The maximum absolute atomic E-state index is 13.6. The van der Waals surface area contributed by atoms with Crippen LogP contribution in [0.25, 0.3) is 0 Å². The van der Waals surface area contributed by atoms with Gasteiger partial charge in [-0.15, -0.1) is 0 Å². The summed E-state index contributed by atoms with van der Waals surface area (Å²) < 4.78 is 43.0. The van der Waals surface area contributed by atoms with Gasteiger partial charge in [0.1, 0.15) is 5.82 Å². The normalized spacial score (nSPS) is 26.0. The van der Waals surface area contributed by atoms with Crippen LogP contribution in [0.5, 0.6) is 0 Å². The number of carbonyl (C=O) groups is 1. The van der Waals surface area contributed by atoms with Crippen LogP contribution in [0.2, 0.25) is 0 Å². The fourth-order valence-corrected chi connectivity index (χ4v) is 5.84. The number of amides is 1. The lowest BCUT2D eigenvalue weighted by Gasteiger charge is -2.37. The Morgan fingerprint density at radius 3 is 2.73 bits per heavy atom. The molecule has 3 atom stereocenters. The predicted molar refractivity (Wildman–Crippen MR) is 97.2 cm³/mol. The van der Waals surface area contributed by atoms with Gasteiger partial charge in [0.15, 0.2) is 9.84 Å². The van der Waals surface area contributed by atoms with Gasteiger partial charge in [-0.3, -0.25) is 4.79 Å². The molecule has 7 heteroatoms. The highest BCUT2D eigenvalue weighted by molar-refractivity contribution is 7.91. The highest BCUT2D eigenvalue weighted by Crippen LogP contribution is 2.32. The van der Waals surface area contributed by atoms with Crippen LogP contribution in [-0.2, 0) is 19.4 Å². The van der Waals surface area contributed by atoms with E-state index in [0.29, 0.717) is 18.7 Å². The van der Waals surface area contributed by atoms with Crippen molar-refractivity contribution in [2.75, 3.05) is 24.7 Å². The van der Waals surface area contributed by atoms with Gasteiger partial charge in [0.05, 0.1) is 30.3 Å². The lowest BCUT2D eigenvalue weighted by molar-refractivity contribution is -0.143. The number of fused-ring (bicyclic) bond motifs is 1. The molecule has 1 aromatic carbocycles. The Balaban J connectivity index is 1.78. The average molecular weight is 383 g/mol. The number of hydrogen-bond donors (Lipinski definition) is 0. The van der Waals surface area contributed by atoms with E-state index in [1.807, 2.05) is 13.8 Å². The zero-order valence-electron chi connectivity index (χ0n) is 15.4. The van der Waals surface area contributed by atoms with E-state index in [0.717, 1.165) is 5.56 Å². The van der Waals surface area contributed by atoms with Crippen LogP contribution in [0, 0.1) is 18.7 Å². The molecular weight excluding hydrogens is 357 g/mol. The Morgan fingerprint density at radius 1 is 1.35 bits per heavy atom. The van der Waals surface area contributed by atoms with Crippen LogP contribution in [0.3, 0.4) is 0 Å². The first-order valence-electron chi connectivity index (χ1n) is 9.05. The molecule has 0 bridgehead atoms. The Kier molecular flexibility index (Phi) is 5.40. The van der Waals surface area contributed by atoms with Gasteiger partial charge in [-0.2, -0.15) is 0 Å². The van der Waals surface area contributed by atoms with E-state index in [1.54, 1.807) is 24.0 Å². The quantitative estimate of drug-likeness (QED) is 0.800. The van der Waals surface area contributed by atoms with Crippen LogP contribution in [0.4, 0.5) is 4.39 Å². The van der Waals surface area contributed by atoms with Crippen molar-refractivity contribution in [3.05, 3.63) is 35.1 Å². The van der Waals surface area contributed by atoms with Crippen molar-refractivity contribution in [1.29, 1.82) is 0 Å². The van der Waals surface area contributed by atoms with E-state index in [-0.39, 0.29) is 47.5 Å². The number of carbonyl (C=O) groups excluding carboxylic acids is 1.